The third-order valence-electron chi connectivity index (χ3n) is 5.83. The predicted molar refractivity (Wildman–Crippen MR) is 128 cm³/mol. The van der Waals surface area contributed by atoms with E-state index < -0.39 is 36.7 Å². The topological polar surface area (TPSA) is 83.5 Å². The second-order valence-corrected chi connectivity index (χ2v) is 8.22. The van der Waals surface area contributed by atoms with Gasteiger partial charge in [0.15, 0.2) is 12.4 Å². The van der Waals surface area contributed by atoms with Crippen LogP contribution in [0.2, 0.25) is 0 Å². The molecule has 184 valence electrons. The average Bonchev–Trinajstić information content (AvgIpc) is 2.92. The van der Waals surface area contributed by atoms with Crippen molar-refractivity contribution in [3.8, 4) is 0 Å². The number of aliphatic hydroxyl groups excluding tert-OH is 1. The van der Waals surface area contributed by atoms with Gasteiger partial charge in [0.2, 0.25) is 0 Å². The maximum atomic E-state index is 13.0. The van der Waals surface area contributed by atoms with Crippen LogP contribution in [0.4, 0.5) is 0 Å². The number of ether oxygens (including phenoxy) is 5. The molecule has 1 fully saturated rings. The van der Waals surface area contributed by atoms with Crippen LogP contribution in [0.3, 0.4) is 0 Å². The molecule has 1 saturated heterocycles. The Kier molecular flexibility index (Phi) is 9.00. The second-order valence-electron chi connectivity index (χ2n) is 8.22. The van der Waals surface area contributed by atoms with Crippen molar-refractivity contribution in [2.75, 3.05) is 13.7 Å². The summed E-state index contributed by atoms with van der Waals surface area (Å²) in [6, 6.07) is 28.0. The minimum Gasteiger partial charge on any atom is -0.450 e. The minimum absolute atomic E-state index is 0.255. The van der Waals surface area contributed by atoms with E-state index in [2.05, 4.69) is 0 Å². The molecule has 0 unspecified atom stereocenters. The molecule has 7 nitrogen and oxygen atoms in total. The number of hydrogen-bond acceptors (Lipinski definition) is 7. The Labute approximate surface area is 205 Å². The molecule has 0 saturated carbocycles. The van der Waals surface area contributed by atoms with Crippen molar-refractivity contribution in [3.63, 3.8) is 0 Å². The number of aliphatic hydroxyl groups is 1. The van der Waals surface area contributed by atoms with E-state index in [4.69, 9.17) is 23.7 Å². The lowest BCUT2D eigenvalue weighted by atomic mass is 9.98. The smallest absolute Gasteiger partial charge is 0.338 e. The third kappa shape index (κ3) is 6.54. The molecule has 0 spiro atoms. The van der Waals surface area contributed by atoms with Crippen LogP contribution in [0.1, 0.15) is 21.5 Å². The maximum Gasteiger partial charge on any atom is 0.338 e. The van der Waals surface area contributed by atoms with E-state index >= 15 is 0 Å². The second kappa shape index (κ2) is 12.6. The average molecular weight is 479 g/mol. The largest absolute Gasteiger partial charge is 0.450 e. The first-order valence-corrected chi connectivity index (χ1v) is 11.6. The van der Waals surface area contributed by atoms with Gasteiger partial charge in [-0.1, -0.05) is 78.9 Å². The Bertz CT molecular complexity index is 1030. The molecule has 0 bridgehead atoms. The SMILES string of the molecule is CO[C@@H]1O[C@H](CO)[C@@H](OCc2ccccc2)[C@H](OCc2ccccc2)[C@H]1OC(=O)c1ccccc1. The number of esters is 1. The standard InChI is InChI=1S/C28H30O7/c1-31-28-26(35-27(30)22-15-9-4-10-16-22)25(33-19-21-13-7-3-8-14-21)24(23(17-29)34-28)32-18-20-11-5-2-6-12-20/h2-16,23-26,28-29H,17-19H2,1H3/t23-,24-,25+,26-,28-/m1/s1. The first-order valence-electron chi connectivity index (χ1n) is 11.6. The van der Waals surface area contributed by atoms with E-state index in [-0.39, 0.29) is 19.8 Å². The van der Waals surface area contributed by atoms with Crippen LogP contribution >= 0.6 is 0 Å². The number of rotatable bonds is 10. The summed E-state index contributed by atoms with van der Waals surface area (Å²) in [5, 5.41) is 10.1. The number of methoxy groups -OCH3 is 1. The van der Waals surface area contributed by atoms with Crippen molar-refractivity contribution in [3.05, 3.63) is 108 Å². The molecule has 7 heteroatoms. The van der Waals surface area contributed by atoms with Gasteiger partial charge in [-0.25, -0.2) is 4.79 Å². The van der Waals surface area contributed by atoms with Gasteiger partial charge in [-0.05, 0) is 23.3 Å². The molecule has 1 aliphatic rings. The number of hydrogen-bond donors (Lipinski definition) is 1. The molecule has 1 aliphatic heterocycles. The van der Waals surface area contributed by atoms with E-state index in [0.717, 1.165) is 11.1 Å². The molecule has 1 N–H and O–H groups in total. The van der Waals surface area contributed by atoms with Crippen LogP contribution in [0.5, 0.6) is 0 Å². The minimum atomic E-state index is -0.947. The van der Waals surface area contributed by atoms with E-state index in [1.807, 2.05) is 66.7 Å². The van der Waals surface area contributed by atoms with Crippen LogP contribution in [-0.4, -0.2) is 55.5 Å². The van der Waals surface area contributed by atoms with Gasteiger partial charge < -0.3 is 28.8 Å². The van der Waals surface area contributed by atoms with Crippen LogP contribution < -0.4 is 0 Å². The summed E-state index contributed by atoms with van der Waals surface area (Å²) >= 11 is 0. The van der Waals surface area contributed by atoms with Crippen molar-refractivity contribution in [1.29, 1.82) is 0 Å². The fourth-order valence-corrected chi connectivity index (χ4v) is 4.03. The van der Waals surface area contributed by atoms with Gasteiger partial charge in [-0.2, -0.15) is 0 Å². The molecule has 4 rings (SSSR count). The summed E-state index contributed by atoms with van der Waals surface area (Å²) in [7, 11) is 1.46. The van der Waals surface area contributed by atoms with Crippen LogP contribution in [0, 0.1) is 0 Å². The predicted octanol–water partition coefficient (Wildman–Crippen LogP) is 3.75. The molecular weight excluding hydrogens is 448 g/mol. The van der Waals surface area contributed by atoms with Gasteiger partial charge in [0.1, 0.15) is 18.3 Å². The molecular formula is C28H30O7. The van der Waals surface area contributed by atoms with E-state index in [1.165, 1.54) is 7.11 Å². The Hall–Kier alpha value is -3.07. The molecule has 3 aromatic rings. The van der Waals surface area contributed by atoms with Crippen LogP contribution in [0.15, 0.2) is 91.0 Å². The van der Waals surface area contributed by atoms with Gasteiger partial charge >= 0.3 is 5.97 Å². The molecule has 0 radical (unpaired) electrons. The third-order valence-corrected chi connectivity index (χ3v) is 5.83. The highest BCUT2D eigenvalue weighted by Gasteiger charge is 2.50. The quantitative estimate of drug-likeness (QED) is 0.445. The van der Waals surface area contributed by atoms with Crippen molar-refractivity contribution >= 4 is 5.97 Å². The van der Waals surface area contributed by atoms with E-state index in [9.17, 15) is 9.90 Å². The van der Waals surface area contributed by atoms with Crippen molar-refractivity contribution in [2.45, 2.75) is 43.9 Å². The first-order chi connectivity index (χ1) is 17.2. The zero-order valence-corrected chi connectivity index (χ0v) is 19.6. The summed E-state index contributed by atoms with van der Waals surface area (Å²) < 4.78 is 29.9. The van der Waals surface area contributed by atoms with Gasteiger partial charge in [0.25, 0.3) is 0 Å². The molecule has 0 aromatic heterocycles. The molecule has 35 heavy (non-hydrogen) atoms. The van der Waals surface area contributed by atoms with Gasteiger partial charge in [0, 0.05) is 7.11 Å². The van der Waals surface area contributed by atoms with Crippen molar-refractivity contribution in [1.82, 2.24) is 0 Å². The summed E-state index contributed by atoms with van der Waals surface area (Å²) in [5.74, 6) is -0.529. The highest BCUT2D eigenvalue weighted by molar-refractivity contribution is 5.89. The number of carbonyl (C=O) groups excluding carboxylic acids is 1. The molecule has 3 aromatic carbocycles. The monoisotopic (exact) mass is 478 g/mol. The molecule has 5 atom stereocenters. The zero-order chi connectivity index (χ0) is 24.5. The fraction of sp³-hybridized carbons (Fsp3) is 0.321. The van der Waals surface area contributed by atoms with Crippen LogP contribution in [-0.2, 0) is 36.9 Å². The Balaban J connectivity index is 1.60. The summed E-state index contributed by atoms with van der Waals surface area (Å²) in [6.45, 7) is 0.210. The van der Waals surface area contributed by atoms with Gasteiger partial charge in [-0.15, -0.1) is 0 Å². The van der Waals surface area contributed by atoms with Gasteiger partial charge in [0.05, 0.1) is 25.4 Å². The lowest BCUT2D eigenvalue weighted by Crippen LogP contribution is -2.61. The summed E-state index contributed by atoms with van der Waals surface area (Å²) in [4.78, 5) is 13.0. The Morgan fingerprint density at radius 2 is 1.29 bits per heavy atom. The summed E-state index contributed by atoms with van der Waals surface area (Å²) in [6.07, 6.45) is -4.10. The molecule has 1 heterocycles. The molecule has 0 aliphatic carbocycles. The highest BCUT2D eigenvalue weighted by Crippen LogP contribution is 2.30. The highest BCUT2D eigenvalue weighted by atomic mass is 16.7. The Morgan fingerprint density at radius 1 is 0.771 bits per heavy atom. The van der Waals surface area contributed by atoms with E-state index in [0.29, 0.717) is 5.56 Å². The zero-order valence-electron chi connectivity index (χ0n) is 19.6. The Morgan fingerprint density at radius 3 is 1.80 bits per heavy atom. The first kappa shape index (κ1) is 25.0. The lowest BCUT2D eigenvalue weighted by molar-refractivity contribution is -0.310. The maximum absolute atomic E-state index is 13.0. The fourth-order valence-electron chi connectivity index (χ4n) is 4.03. The van der Waals surface area contributed by atoms with Crippen molar-refractivity contribution < 1.29 is 33.6 Å². The van der Waals surface area contributed by atoms with E-state index in [1.54, 1.807) is 24.3 Å². The van der Waals surface area contributed by atoms with Crippen molar-refractivity contribution in [2.24, 2.45) is 0 Å². The molecule has 0 amide bonds. The lowest BCUT2D eigenvalue weighted by Gasteiger charge is -2.44. The summed E-state index contributed by atoms with van der Waals surface area (Å²) in [5.41, 5.74) is 2.30. The number of benzene rings is 3. The number of carbonyl (C=O) groups is 1. The van der Waals surface area contributed by atoms with Crippen LogP contribution in [0.25, 0.3) is 0 Å². The van der Waals surface area contributed by atoms with Gasteiger partial charge in [-0.3, -0.25) is 0 Å². The normalized spacial score (nSPS) is 24.1.